The number of likely N-dealkylation sites (tertiary alicyclic amines) is 1. The van der Waals surface area contributed by atoms with Gasteiger partial charge in [-0.2, -0.15) is 0 Å². The molecule has 1 heterocycles. The molecule has 1 aliphatic heterocycles. The van der Waals surface area contributed by atoms with Gasteiger partial charge in [-0.25, -0.2) is 0 Å². The zero-order chi connectivity index (χ0) is 10.4. The smallest absolute Gasteiger partial charge is 0.307 e. The quantitative estimate of drug-likeness (QED) is 0.616. The molecular formula is C10H19NO3. The van der Waals surface area contributed by atoms with E-state index in [0.717, 1.165) is 38.8 Å². The highest BCUT2D eigenvalue weighted by Gasteiger charge is 2.27. The maximum absolute atomic E-state index is 10.7. The molecule has 0 aromatic rings. The summed E-state index contributed by atoms with van der Waals surface area (Å²) < 4.78 is 0. The molecule has 14 heavy (non-hydrogen) atoms. The van der Waals surface area contributed by atoms with Crippen LogP contribution in [-0.4, -0.2) is 47.3 Å². The molecule has 0 aromatic heterocycles. The van der Waals surface area contributed by atoms with Crippen molar-refractivity contribution in [2.75, 3.05) is 26.2 Å². The van der Waals surface area contributed by atoms with E-state index in [2.05, 4.69) is 4.90 Å². The lowest BCUT2D eigenvalue weighted by Crippen LogP contribution is -2.24. The molecule has 0 aromatic carbocycles. The molecule has 0 amide bonds. The van der Waals surface area contributed by atoms with Crippen LogP contribution in [0.5, 0.6) is 0 Å². The molecule has 1 atom stereocenters. The summed E-state index contributed by atoms with van der Waals surface area (Å²) in [6, 6.07) is 0. The molecule has 0 aliphatic carbocycles. The highest BCUT2D eigenvalue weighted by molar-refractivity contribution is 5.70. The van der Waals surface area contributed by atoms with Crippen molar-refractivity contribution in [3.63, 3.8) is 0 Å². The lowest BCUT2D eigenvalue weighted by Gasteiger charge is -2.14. The van der Waals surface area contributed by atoms with Crippen molar-refractivity contribution in [2.45, 2.75) is 25.7 Å². The van der Waals surface area contributed by atoms with Gasteiger partial charge in [0.15, 0.2) is 0 Å². The van der Waals surface area contributed by atoms with E-state index in [4.69, 9.17) is 10.2 Å². The number of aliphatic hydroxyl groups is 1. The van der Waals surface area contributed by atoms with E-state index in [-0.39, 0.29) is 12.5 Å². The monoisotopic (exact) mass is 201 g/mol. The molecule has 0 saturated carbocycles. The lowest BCUT2D eigenvalue weighted by atomic mass is 10.1. The number of hydrogen-bond donors (Lipinski definition) is 2. The third kappa shape index (κ3) is 3.64. The number of hydrogen-bond acceptors (Lipinski definition) is 3. The summed E-state index contributed by atoms with van der Waals surface area (Å²) in [6.45, 7) is 2.85. The first-order chi connectivity index (χ1) is 6.74. The number of aliphatic hydroxyl groups excluding tert-OH is 1. The fraction of sp³-hybridized carbons (Fsp3) is 0.900. The topological polar surface area (TPSA) is 60.8 Å². The van der Waals surface area contributed by atoms with E-state index in [0.29, 0.717) is 6.54 Å². The number of unbranched alkanes of at least 4 members (excludes halogenated alkanes) is 2. The van der Waals surface area contributed by atoms with Crippen molar-refractivity contribution < 1.29 is 15.0 Å². The predicted octanol–water partition coefficient (Wildman–Crippen LogP) is 0.555. The normalized spacial score (nSPS) is 22.8. The average molecular weight is 201 g/mol. The maximum atomic E-state index is 10.7. The van der Waals surface area contributed by atoms with Crippen LogP contribution >= 0.6 is 0 Å². The first-order valence-electron chi connectivity index (χ1n) is 5.30. The van der Waals surface area contributed by atoms with Crippen LogP contribution in [0.25, 0.3) is 0 Å². The Morgan fingerprint density at radius 3 is 2.71 bits per heavy atom. The van der Waals surface area contributed by atoms with Crippen molar-refractivity contribution in [3.05, 3.63) is 0 Å². The Balaban J connectivity index is 2.07. The second-order valence-corrected chi connectivity index (χ2v) is 3.91. The van der Waals surface area contributed by atoms with Gasteiger partial charge in [-0.15, -0.1) is 0 Å². The molecule has 1 saturated heterocycles. The summed E-state index contributed by atoms with van der Waals surface area (Å²) >= 11 is 0. The third-order valence-electron chi connectivity index (χ3n) is 2.75. The lowest BCUT2D eigenvalue weighted by molar-refractivity contribution is -0.141. The van der Waals surface area contributed by atoms with Crippen LogP contribution in [0.2, 0.25) is 0 Å². The van der Waals surface area contributed by atoms with Gasteiger partial charge in [-0.05, 0) is 38.8 Å². The second kappa shape index (κ2) is 5.98. The van der Waals surface area contributed by atoms with Gasteiger partial charge in [-0.1, -0.05) is 0 Å². The number of nitrogens with zero attached hydrogens (tertiary/aromatic N) is 1. The van der Waals surface area contributed by atoms with Crippen molar-refractivity contribution >= 4 is 5.97 Å². The molecule has 4 heteroatoms. The molecule has 1 aliphatic rings. The van der Waals surface area contributed by atoms with E-state index in [1.54, 1.807) is 0 Å². The first kappa shape index (κ1) is 11.5. The minimum atomic E-state index is -0.664. The van der Waals surface area contributed by atoms with E-state index >= 15 is 0 Å². The second-order valence-electron chi connectivity index (χ2n) is 3.91. The maximum Gasteiger partial charge on any atom is 0.307 e. The minimum Gasteiger partial charge on any atom is -0.481 e. The summed E-state index contributed by atoms with van der Waals surface area (Å²) in [5, 5.41) is 17.4. The van der Waals surface area contributed by atoms with Crippen LogP contribution in [-0.2, 0) is 4.79 Å². The Kier molecular flexibility index (Phi) is 4.90. The number of carboxylic acid groups (broad SMARTS) is 1. The number of carboxylic acids is 1. The van der Waals surface area contributed by atoms with Crippen LogP contribution in [0.15, 0.2) is 0 Å². The largest absolute Gasteiger partial charge is 0.481 e. The standard InChI is InChI=1S/C10H19NO3/c12-7-3-1-2-5-11-6-4-9(8-11)10(13)14/h9,12H,1-8H2,(H,13,14). The molecule has 2 N–H and O–H groups in total. The predicted molar refractivity (Wildman–Crippen MR) is 53.1 cm³/mol. The Hall–Kier alpha value is -0.610. The first-order valence-corrected chi connectivity index (χ1v) is 5.30. The average Bonchev–Trinajstić information content (AvgIpc) is 2.61. The highest BCUT2D eigenvalue weighted by atomic mass is 16.4. The van der Waals surface area contributed by atoms with Gasteiger partial charge < -0.3 is 15.1 Å². The van der Waals surface area contributed by atoms with Gasteiger partial charge in [0.05, 0.1) is 5.92 Å². The van der Waals surface area contributed by atoms with Crippen LogP contribution in [0, 0.1) is 5.92 Å². The van der Waals surface area contributed by atoms with Crippen LogP contribution in [0.4, 0.5) is 0 Å². The Morgan fingerprint density at radius 2 is 2.14 bits per heavy atom. The van der Waals surface area contributed by atoms with Gasteiger partial charge >= 0.3 is 5.97 Å². The van der Waals surface area contributed by atoms with Crippen LogP contribution in [0.1, 0.15) is 25.7 Å². The fourth-order valence-electron chi connectivity index (χ4n) is 1.86. The van der Waals surface area contributed by atoms with E-state index in [1.807, 2.05) is 0 Å². The summed E-state index contributed by atoms with van der Waals surface area (Å²) in [6.07, 6.45) is 3.74. The van der Waals surface area contributed by atoms with Crippen molar-refractivity contribution in [2.24, 2.45) is 5.92 Å². The van der Waals surface area contributed by atoms with E-state index < -0.39 is 5.97 Å². The molecule has 1 unspecified atom stereocenters. The fourth-order valence-corrected chi connectivity index (χ4v) is 1.86. The van der Waals surface area contributed by atoms with Gasteiger partial charge in [-0.3, -0.25) is 4.79 Å². The summed E-state index contributed by atoms with van der Waals surface area (Å²) in [7, 11) is 0. The summed E-state index contributed by atoms with van der Waals surface area (Å²) in [5.41, 5.74) is 0. The molecule has 0 bridgehead atoms. The van der Waals surface area contributed by atoms with E-state index in [1.165, 1.54) is 0 Å². The molecule has 0 radical (unpaired) electrons. The zero-order valence-electron chi connectivity index (χ0n) is 8.48. The Morgan fingerprint density at radius 1 is 1.36 bits per heavy atom. The SMILES string of the molecule is O=C(O)C1CCN(CCCCCO)C1. The number of rotatable bonds is 6. The third-order valence-corrected chi connectivity index (χ3v) is 2.75. The molecule has 82 valence electrons. The van der Waals surface area contributed by atoms with Crippen LogP contribution in [0.3, 0.4) is 0 Å². The summed E-state index contributed by atoms with van der Waals surface area (Å²) in [5.74, 6) is -0.823. The van der Waals surface area contributed by atoms with Crippen molar-refractivity contribution in [3.8, 4) is 0 Å². The molecular weight excluding hydrogens is 182 g/mol. The Bertz CT molecular complexity index is 184. The Labute approximate surface area is 84.5 Å². The van der Waals surface area contributed by atoms with Crippen molar-refractivity contribution in [1.29, 1.82) is 0 Å². The number of carbonyl (C=O) groups is 1. The molecule has 0 spiro atoms. The number of aliphatic carboxylic acids is 1. The molecule has 4 nitrogen and oxygen atoms in total. The summed E-state index contributed by atoms with van der Waals surface area (Å²) in [4.78, 5) is 12.9. The highest BCUT2D eigenvalue weighted by Crippen LogP contribution is 2.16. The van der Waals surface area contributed by atoms with Crippen LogP contribution < -0.4 is 0 Å². The van der Waals surface area contributed by atoms with Gasteiger partial charge in [0.2, 0.25) is 0 Å². The van der Waals surface area contributed by atoms with Gasteiger partial charge in [0.1, 0.15) is 0 Å². The van der Waals surface area contributed by atoms with Gasteiger partial charge in [0, 0.05) is 13.2 Å². The van der Waals surface area contributed by atoms with Gasteiger partial charge in [0.25, 0.3) is 0 Å². The molecule has 1 rings (SSSR count). The van der Waals surface area contributed by atoms with Crippen molar-refractivity contribution in [1.82, 2.24) is 4.90 Å². The minimum absolute atomic E-state index is 0.159. The zero-order valence-corrected chi connectivity index (χ0v) is 8.48. The van der Waals surface area contributed by atoms with E-state index in [9.17, 15) is 4.79 Å². The molecule has 1 fully saturated rings.